The third kappa shape index (κ3) is 4.70. The number of hydrogen-bond donors (Lipinski definition) is 1. The summed E-state index contributed by atoms with van der Waals surface area (Å²) < 4.78 is 10.5. The average molecular weight is 396 g/mol. The molecule has 0 aromatic heterocycles. The van der Waals surface area contributed by atoms with Crippen LogP contribution in [0, 0.1) is 0 Å². The van der Waals surface area contributed by atoms with Crippen LogP contribution in [-0.2, 0) is 0 Å². The Morgan fingerprint density at radius 3 is 2.52 bits per heavy atom. The number of benzene rings is 2. The standard InChI is InChI=1S/C23H28N2O4/c1-4-19-10-5-6-13-25(19)23(27)17-9-7-8-16(14-17)22(26)24-18-11-12-20(28-2)21(15-18)29-3/h7-9,11-12,14-15,19H,4-6,10,13H2,1-3H3,(H,24,26). The number of methoxy groups -OCH3 is 2. The zero-order valence-corrected chi connectivity index (χ0v) is 17.2. The molecule has 0 aliphatic carbocycles. The van der Waals surface area contributed by atoms with E-state index in [1.54, 1.807) is 56.7 Å². The minimum Gasteiger partial charge on any atom is -0.493 e. The second kappa shape index (κ2) is 9.45. The summed E-state index contributed by atoms with van der Waals surface area (Å²) in [5, 5.41) is 2.85. The lowest BCUT2D eigenvalue weighted by Gasteiger charge is -2.35. The number of ether oxygens (including phenoxy) is 2. The molecule has 6 heteroatoms. The van der Waals surface area contributed by atoms with Crippen LogP contribution < -0.4 is 14.8 Å². The van der Waals surface area contributed by atoms with Crippen molar-refractivity contribution in [3.8, 4) is 11.5 Å². The van der Waals surface area contributed by atoms with Gasteiger partial charge in [0, 0.05) is 35.5 Å². The summed E-state index contributed by atoms with van der Waals surface area (Å²) in [7, 11) is 3.10. The summed E-state index contributed by atoms with van der Waals surface area (Å²) in [4.78, 5) is 27.7. The molecule has 1 atom stereocenters. The number of amides is 2. The number of nitrogens with zero attached hydrogens (tertiary/aromatic N) is 1. The van der Waals surface area contributed by atoms with Gasteiger partial charge in [0.1, 0.15) is 0 Å². The smallest absolute Gasteiger partial charge is 0.255 e. The first-order valence-corrected chi connectivity index (χ1v) is 10.0. The molecule has 1 N–H and O–H groups in total. The summed E-state index contributed by atoms with van der Waals surface area (Å²) in [6.07, 6.45) is 4.19. The van der Waals surface area contributed by atoms with Crippen LogP contribution in [0.1, 0.15) is 53.3 Å². The third-order valence-corrected chi connectivity index (χ3v) is 5.37. The molecule has 154 valence electrons. The summed E-state index contributed by atoms with van der Waals surface area (Å²) in [5.74, 6) is 0.838. The van der Waals surface area contributed by atoms with E-state index in [0.717, 1.165) is 32.2 Å². The van der Waals surface area contributed by atoms with Crippen LogP contribution in [0.3, 0.4) is 0 Å². The van der Waals surface area contributed by atoms with Gasteiger partial charge < -0.3 is 19.7 Å². The first-order chi connectivity index (χ1) is 14.1. The van der Waals surface area contributed by atoms with Gasteiger partial charge >= 0.3 is 0 Å². The Balaban J connectivity index is 1.76. The molecule has 2 aromatic carbocycles. The van der Waals surface area contributed by atoms with Gasteiger partial charge in [0.25, 0.3) is 11.8 Å². The molecule has 6 nitrogen and oxygen atoms in total. The quantitative estimate of drug-likeness (QED) is 0.788. The Hall–Kier alpha value is -3.02. The predicted molar refractivity (Wildman–Crippen MR) is 113 cm³/mol. The Bertz CT molecular complexity index is 881. The Kier molecular flexibility index (Phi) is 6.75. The molecule has 3 rings (SSSR count). The monoisotopic (exact) mass is 396 g/mol. The number of nitrogens with one attached hydrogen (secondary N) is 1. The van der Waals surface area contributed by atoms with Crippen molar-refractivity contribution in [2.75, 3.05) is 26.1 Å². The summed E-state index contributed by atoms with van der Waals surface area (Å²) in [6.45, 7) is 2.89. The third-order valence-electron chi connectivity index (χ3n) is 5.37. The second-order valence-corrected chi connectivity index (χ2v) is 7.16. The molecule has 2 aromatic rings. The molecule has 1 fully saturated rings. The van der Waals surface area contributed by atoms with Crippen molar-refractivity contribution in [1.29, 1.82) is 0 Å². The second-order valence-electron chi connectivity index (χ2n) is 7.16. The van der Waals surface area contributed by atoms with Crippen LogP contribution in [-0.4, -0.2) is 43.5 Å². The van der Waals surface area contributed by atoms with Gasteiger partial charge in [-0.3, -0.25) is 9.59 Å². The normalized spacial score (nSPS) is 16.2. The zero-order valence-electron chi connectivity index (χ0n) is 17.2. The van der Waals surface area contributed by atoms with E-state index in [1.807, 2.05) is 4.90 Å². The molecule has 1 aliphatic rings. The van der Waals surface area contributed by atoms with Crippen LogP contribution in [0.25, 0.3) is 0 Å². The van der Waals surface area contributed by atoms with E-state index in [9.17, 15) is 9.59 Å². The predicted octanol–water partition coefficient (Wildman–Crippen LogP) is 4.36. The number of anilines is 1. The molecule has 1 unspecified atom stereocenters. The fraction of sp³-hybridized carbons (Fsp3) is 0.391. The lowest BCUT2D eigenvalue weighted by atomic mass is 9.98. The topological polar surface area (TPSA) is 67.9 Å². The molecular formula is C23H28N2O4. The van der Waals surface area contributed by atoms with Gasteiger partial charge in [0.05, 0.1) is 14.2 Å². The van der Waals surface area contributed by atoms with Crippen molar-refractivity contribution in [3.05, 3.63) is 53.6 Å². The number of rotatable bonds is 6. The van der Waals surface area contributed by atoms with Gasteiger partial charge in [-0.15, -0.1) is 0 Å². The van der Waals surface area contributed by atoms with Gasteiger partial charge in [-0.25, -0.2) is 0 Å². The molecule has 1 heterocycles. The van der Waals surface area contributed by atoms with E-state index in [0.29, 0.717) is 28.3 Å². The Morgan fingerprint density at radius 2 is 1.79 bits per heavy atom. The maximum absolute atomic E-state index is 13.0. The van der Waals surface area contributed by atoms with E-state index in [2.05, 4.69) is 12.2 Å². The molecule has 1 saturated heterocycles. The lowest BCUT2D eigenvalue weighted by molar-refractivity contribution is 0.0608. The van der Waals surface area contributed by atoms with E-state index in [-0.39, 0.29) is 17.9 Å². The fourth-order valence-electron chi connectivity index (χ4n) is 3.77. The fourth-order valence-corrected chi connectivity index (χ4v) is 3.77. The van der Waals surface area contributed by atoms with Crippen LogP contribution in [0.4, 0.5) is 5.69 Å². The highest BCUT2D eigenvalue weighted by molar-refractivity contribution is 6.06. The van der Waals surface area contributed by atoms with Crippen molar-refractivity contribution < 1.29 is 19.1 Å². The molecule has 2 amide bonds. The molecule has 0 radical (unpaired) electrons. The van der Waals surface area contributed by atoms with Crippen LogP contribution in [0.5, 0.6) is 11.5 Å². The molecule has 1 aliphatic heterocycles. The van der Waals surface area contributed by atoms with Crippen molar-refractivity contribution in [3.63, 3.8) is 0 Å². The number of piperidine rings is 1. The average Bonchev–Trinajstić information content (AvgIpc) is 2.78. The minimum absolute atomic E-state index is 0.00248. The largest absolute Gasteiger partial charge is 0.493 e. The van der Waals surface area contributed by atoms with Crippen LogP contribution in [0.15, 0.2) is 42.5 Å². The first kappa shape index (κ1) is 20.7. The van der Waals surface area contributed by atoms with Crippen LogP contribution in [0.2, 0.25) is 0 Å². The highest BCUT2D eigenvalue weighted by Gasteiger charge is 2.26. The number of hydrogen-bond acceptors (Lipinski definition) is 4. The van der Waals surface area contributed by atoms with Gasteiger partial charge in [0.2, 0.25) is 0 Å². The molecular weight excluding hydrogens is 368 g/mol. The first-order valence-electron chi connectivity index (χ1n) is 10.0. The minimum atomic E-state index is -0.280. The van der Waals surface area contributed by atoms with Gasteiger partial charge in [-0.2, -0.15) is 0 Å². The maximum atomic E-state index is 13.0. The van der Waals surface area contributed by atoms with E-state index in [1.165, 1.54) is 0 Å². The van der Waals surface area contributed by atoms with Crippen molar-refractivity contribution >= 4 is 17.5 Å². The molecule has 0 spiro atoms. The van der Waals surface area contributed by atoms with E-state index < -0.39 is 0 Å². The SMILES string of the molecule is CCC1CCCCN1C(=O)c1cccc(C(=O)Nc2ccc(OC)c(OC)c2)c1. The number of carbonyl (C=O) groups is 2. The highest BCUT2D eigenvalue weighted by atomic mass is 16.5. The zero-order chi connectivity index (χ0) is 20.8. The summed E-state index contributed by atoms with van der Waals surface area (Å²) >= 11 is 0. The number of carbonyl (C=O) groups excluding carboxylic acids is 2. The Morgan fingerprint density at radius 1 is 1.03 bits per heavy atom. The van der Waals surface area contributed by atoms with E-state index in [4.69, 9.17) is 9.47 Å². The van der Waals surface area contributed by atoms with E-state index >= 15 is 0 Å². The van der Waals surface area contributed by atoms with Crippen molar-refractivity contribution in [2.45, 2.75) is 38.6 Å². The highest BCUT2D eigenvalue weighted by Crippen LogP contribution is 2.30. The Labute approximate surface area is 171 Å². The molecule has 29 heavy (non-hydrogen) atoms. The maximum Gasteiger partial charge on any atom is 0.255 e. The summed E-state index contributed by atoms with van der Waals surface area (Å²) in [6, 6.07) is 12.4. The lowest BCUT2D eigenvalue weighted by Crippen LogP contribution is -2.43. The van der Waals surface area contributed by atoms with Gasteiger partial charge in [-0.05, 0) is 56.0 Å². The summed E-state index contributed by atoms with van der Waals surface area (Å²) in [5.41, 5.74) is 1.58. The van der Waals surface area contributed by atoms with Crippen molar-refractivity contribution in [1.82, 2.24) is 4.90 Å². The van der Waals surface area contributed by atoms with Gasteiger partial charge in [-0.1, -0.05) is 13.0 Å². The molecule has 0 bridgehead atoms. The van der Waals surface area contributed by atoms with Gasteiger partial charge in [0.15, 0.2) is 11.5 Å². The van der Waals surface area contributed by atoms with Crippen molar-refractivity contribution in [2.24, 2.45) is 0 Å². The van der Waals surface area contributed by atoms with Crippen LogP contribution >= 0.6 is 0 Å². The molecule has 0 saturated carbocycles. The number of likely N-dealkylation sites (tertiary alicyclic amines) is 1.